The number of benzene rings is 2. The summed E-state index contributed by atoms with van der Waals surface area (Å²) in [6.07, 6.45) is 3.80. The lowest BCUT2D eigenvalue weighted by molar-refractivity contribution is 0.00683. The second kappa shape index (κ2) is 10.6. The predicted molar refractivity (Wildman–Crippen MR) is 155 cm³/mol. The first-order valence-corrected chi connectivity index (χ1v) is 14.1. The van der Waals surface area contributed by atoms with Crippen LogP contribution in [-0.4, -0.2) is 44.6 Å². The lowest BCUT2D eigenvalue weighted by Crippen LogP contribution is -2.30. The average Bonchev–Trinajstić information content (AvgIpc) is 3.70. The van der Waals surface area contributed by atoms with Gasteiger partial charge < -0.3 is 20.1 Å². The number of amides is 2. The number of rotatable bonds is 6. The molecule has 6 rings (SSSR count). The van der Waals surface area contributed by atoms with Gasteiger partial charge in [-0.15, -0.1) is 0 Å². The molecule has 1 aliphatic carbocycles. The Morgan fingerprint density at radius 2 is 1.90 bits per heavy atom. The van der Waals surface area contributed by atoms with E-state index in [-0.39, 0.29) is 35.2 Å². The molecule has 1 aliphatic heterocycles. The third kappa shape index (κ3) is 5.32. The van der Waals surface area contributed by atoms with Gasteiger partial charge >= 0.3 is 5.97 Å². The van der Waals surface area contributed by atoms with Crippen LogP contribution in [0, 0.1) is 6.92 Å². The van der Waals surface area contributed by atoms with E-state index in [2.05, 4.69) is 20.7 Å². The summed E-state index contributed by atoms with van der Waals surface area (Å²) < 4.78 is 12.6. The van der Waals surface area contributed by atoms with Crippen molar-refractivity contribution in [3.05, 3.63) is 93.4 Å². The van der Waals surface area contributed by atoms with Gasteiger partial charge in [-0.2, -0.15) is 5.10 Å². The topological polar surface area (TPSA) is 124 Å². The number of carbonyl (C=O) groups is 3. The van der Waals surface area contributed by atoms with Crippen LogP contribution >= 0.6 is 0 Å². The average molecular weight is 568 g/mol. The van der Waals surface area contributed by atoms with Crippen LogP contribution < -0.4 is 15.4 Å². The van der Waals surface area contributed by atoms with Crippen molar-refractivity contribution in [2.45, 2.75) is 65.1 Å². The summed E-state index contributed by atoms with van der Waals surface area (Å²) in [5, 5.41) is 10.3. The van der Waals surface area contributed by atoms with Crippen molar-refractivity contribution in [1.29, 1.82) is 0 Å². The molecule has 2 aromatic carbocycles. The van der Waals surface area contributed by atoms with Crippen molar-refractivity contribution >= 4 is 23.4 Å². The molecule has 0 spiro atoms. The van der Waals surface area contributed by atoms with Gasteiger partial charge in [0.15, 0.2) is 5.65 Å². The van der Waals surface area contributed by atoms with Gasteiger partial charge in [-0.1, -0.05) is 18.2 Å². The molecule has 0 fully saturated rings. The van der Waals surface area contributed by atoms with Gasteiger partial charge in [-0.05, 0) is 80.5 Å². The minimum Gasteiger partial charge on any atom is -0.493 e. The fourth-order valence-corrected chi connectivity index (χ4v) is 5.63. The maximum atomic E-state index is 13.6. The second-order valence-corrected chi connectivity index (χ2v) is 11.7. The largest absolute Gasteiger partial charge is 0.493 e. The zero-order valence-electron chi connectivity index (χ0n) is 24.1. The van der Waals surface area contributed by atoms with Crippen LogP contribution in [0.3, 0.4) is 0 Å². The lowest BCUT2D eigenvalue weighted by atomic mass is 9.97. The summed E-state index contributed by atoms with van der Waals surface area (Å²) >= 11 is 0. The Labute approximate surface area is 243 Å². The number of carbonyl (C=O) groups excluding carboxylic acids is 3. The molecule has 2 amide bonds. The Bertz CT molecular complexity index is 1740. The van der Waals surface area contributed by atoms with Crippen LogP contribution in [0.15, 0.2) is 48.7 Å². The first kappa shape index (κ1) is 27.4. The first-order valence-electron chi connectivity index (χ1n) is 14.1. The SMILES string of the molecule is Cc1c(C(=O)OC(C)(C)C)ccc2c1CC[C@@H]2NC(=O)c1cc(C(=O)NCc2ccc3c(c2)CCO3)nc2ccnn12. The molecule has 0 bridgehead atoms. The summed E-state index contributed by atoms with van der Waals surface area (Å²) in [4.78, 5) is 43.9. The molecule has 2 N–H and O–H groups in total. The molecule has 3 heterocycles. The standard InChI is InChI=1S/C32H33N5O5/c1-18-21-8-9-24(23(21)7-6-22(18)31(40)42-32(2,3)4)36-30(39)26-16-25(35-28-11-13-34-37(26)28)29(38)33-17-19-5-10-27-20(15-19)12-14-41-27/h5-7,10-11,13,15-16,24H,8-9,12,14,17H2,1-4H3,(H,33,38)(H,36,39)/t24-/m0/s1. The molecular formula is C32H33N5O5. The van der Waals surface area contributed by atoms with Crippen LogP contribution in [0.1, 0.15) is 92.4 Å². The molecule has 2 aromatic heterocycles. The number of hydrogen-bond donors (Lipinski definition) is 2. The molecule has 10 heteroatoms. The Morgan fingerprint density at radius 3 is 2.71 bits per heavy atom. The van der Waals surface area contributed by atoms with Crippen molar-refractivity contribution in [3.8, 4) is 5.75 Å². The Hall–Kier alpha value is -4.73. The van der Waals surface area contributed by atoms with Gasteiger partial charge in [0.2, 0.25) is 0 Å². The molecule has 2 aliphatic rings. The quantitative estimate of drug-likeness (QED) is 0.334. The van der Waals surface area contributed by atoms with Crippen LogP contribution in [0.5, 0.6) is 5.75 Å². The van der Waals surface area contributed by atoms with E-state index in [4.69, 9.17) is 9.47 Å². The number of nitrogens with one attached hydrogen (secondary N) is 2. The fraction of sp³-hybridized carbons (Fsp3) is 0.344. The van der Waals surface area contributed by atoms with Crippen molar-refractivity contribution in [2.24, 2.45) is 0 Å². The van der Waals surface area contributed by atoms with E-state index in [1.165, 1.54) is 10.6 Å². The van der Waals surface area contributed by atoms with Crippen LogP contribution in [0.4, 0.5) is 0 Å². The Morgan fingerprint density at radius 1 is 1.07 bits per heavy atom. The number of nitrogens with zero attached hydrogens (tertiary/aromatic N) is 3. The van der Waals surface area contributed by atoms with E-state index in [1.54, 1.807) is 18.3 Å². The van der Waals surface area contributed by atoms with Crippen molar-refractivity contribution in [2.75, 3.05) is 6.61 Å². The van der Waals surface area contributed by atoms with Gasteiger partial charge in [-0.3, -0.25) is 9.59 Å². The van der Waals surface area contributed by atoms with Crippen molar-refractivity contribution < 1.29 is 23.9 Å². The van der Waals surface area contributed by atoms with Crippen molar-refractivity contribution in [3.63, 3.8) is 0 Å². The van der Waals surface area contributed by atoms with E-state index in [9.17, 15) is 14.4 Å². The zero-order valence-corrected chi connectivity index (χ0v) is 24.1. The van der Waals surface area contributed by atoms with Gasteiger partial charge in [0, 0.05) is 25.1 Å². The molecule has 0 unspecified atom stereocenters. The molecule has 0 saturated carbocycles. The van der Waals surface area contributed by atoms with Crippen molar-refractivity contribution in [1.82, 2.24) is 25.2 Å². The third-order valence-corrected chi connectivity index (χ3v) is 7.65. The molecule has 1 atom stereocenters. The maximum absolute atomic E-state index is 13.6. The highest BCUT2D eigenvalue weighted by molar-refractivity contribution is 5.98. The normalized spacial score (nSPS) is 15.6. The number of ether oxygens (including phenoxy) is 2. The van der Waals surface area contributed by atoms with Crippen LogP contribution in [-0.2, 0) is 24.1 Å². The van der Waals surface area contributed by atoms with E-state index in [0.29, 0.717) is 30.8 Å². The predicted octanol–water partition coefficient (Wildman–Crippen LogP) is 4.28. The highest BCUT2D eigenvalue weighted by atomic mass is 16.6. The maximum Gasteiger partial charge on any atom is 0.338 e. The summed E-state index contributed by atoms with van der Waals surface area (Å²) in [6.45, 7) is 8.43. The monoisotopic (exact) mass is 567 g/mol. The molecule has 10 nitrogen and oxygen atoms in total. The minimum absolute atomic E-state index is 0.127. The van der Waals surface area contributed by atoms with E-state index in [0.717, 1.165) is 46.4 Å². The number of hydrogen-bond acceptors (Lipinski definition) is 7. The summed E-state index contributed by atoms with van der Waals surface area (Å²) in [6, 6.07) is 12.4. The lowest BCUT2D eigenvalue weighted by Gasteiger charge is -2.21. The number of fused-ring (bicyclic) bond motifs is 3. The number of aromatic nitrogens is 3. The smallest absolute Gasteiger partial charge is 0.338 e. The zero-order chi connectivity index (χ0) is 29.6. The summed E-state index contributed by atoms with van der Waals surface area (Å²) in [7, 11) is 0. The molecule has 42 heavy (non-hydrogen) atoms. The summed E-state index contributed by atoms with van der Waals surface area (Å²) in [5.41, 5.74) is 5.64. The third-order valence-electron chi connectivity index (χ3n) is 7.65. The molecule has 216 valence electrons. The minimum atomic E-state index is -0.589. The van der Waals surface area contributed by atoms with E-state index >= 15 is 0 Å². The van der Waals surface area contributed by atoms with Gasteiger partial charge in [0.05, 0.1) is 24.4 Å². The van der Waals surface area contributed by atoms with Gasteiger partial charge in [0.25, 0.3) is 11.8 Å². The molecule has 0 radical (unpaired) electrons. The number of esters is 1. The van der Waals surface area contributed by atoms with Crippen LogP contribution in [0.2, 0.25) is 0 Å². The first-order chi connectivity index (χ1) is 20.1. The fourth-order valence-electron chi connectivity index (χ4n) is 5.63. The molecule has 4 aromatic rings. The van der Waals surface area contributed by atoms with Gasteiger partial charge in [0.1, 0.15) is 22.7 Å². The van der Waals surface area contributed by atoms with Crippen LogP contribution in [0.25, 0.3) is 5.65 Å². The van der Waals surface area contributed by atoms with E-state index in [1.807, 2.05) is 52.0 Å². The highest BCUT2D eigenvalue weighted by Crippen LogP contribution is 2.35. The van der Waals surface area contributed by atoms with E-state index < -0.39 is 5.60 Å². The highest BCUT2D eigenvalue weighted by Gasteiger charge is 2.30. The molecule has 0 saturated heterocycles. The Balaban J connectivity index is 1.19. The van der Waals surface area contributed by atoms with Gasteiger partial charge in [-0.25, -0.2) is 14.3 Å². The molecular weight excluding hydrogens is 534 g/mol. The Kier molecular flexibility index (Phi) is 6.92. The summed E-state index contributed by atoms with van der Waals surface area (Å²) in [5.74, 6) is -0.229. The second-order valence-electron chi connectivity index (χ2n) is 11.7.